The Balaban J connectivity index is 2.37. The second kappa shape index (κ2) is 9.61. The number of ether oxygens (including phenoxy) is 2. The fraction of sp³-hybridized carbons (Fsp3) is 0.625. The molecule has 4 nitrogen and oxygen atoms in total. The molecule has 0 atom stereocenters. The predicted octanol–water partition coefficient (Wildman–Crippen LogP) is 2.18. The Labute approximate surface area is 123 Å². The lowest BCUT2D eigenvalue weighted by Crippen LogP contribution is -2.30. The molecule has 1 N–H and O–H groups in total. The van der Waals surface area contributed by atoms with Crippen molar-refractivity contribution in [1.82, 2.24) is 10.2 Å². The lowest BCUT2D eigenvalue weighted by molar-refractivity contribution is 0.334. The zero-order chi connectivity index (χ0) is 14.8. The summed E-state index contributed by atoms with van der Waals surface area (Å²) in [4.78, 5) is 2.35. The van der Waals surface area contributed by atoms with Crippen LogP contribution in [0.15, 0.2) is 18.2 Å². The molecule has 0 heterocycles. The van der Waals surface area contributed by atoms with E-state index in [0.29, 0.717) is 0 Å². The first-order valence-corrected chi connectivity index (χ1v) is 7.31. The van der Waals surface area contributed by atoms with Crippen LogP contribution < -0.4 is 14.8 Å². The number of rotatable bonds is 10. The van der Waals surface area contributed by atoms with Gasteiger partial charge in [-0.2, -0.15) is 0 Å². The van der Waals surface area contributed by atoms with Crippen LogP contribution in [0, 0.1) is 0 Å². The predicted molar refractivity (Wildman–Crippen MR) is 83.9 cm³/mol. The van der Waals surface area contributed by atoms with E-state index in [2.05, 4.69) is 36.3 Å². The summed E-state index contributed by atoms with van der Waals surface area (Å²) in [6.45, 7) is 6.46. The van der Waals surface area contributed by atoms with Gasteiger partial charge >= 0.3 is 0 Å². The van der Waals surface area contributed by atoms with Crippen LogP contribution in [0.4, 0.5) is 0 Å². The van der Waals surface area contributed by atoms with Gasteiger partial charge in [0.1, 0.15) is 0 Å². The van der Waals surface area contributed by atoms with Crippen molar-refractivity contribution in [2.24, 2.45) is 0 Å². The summed E-state index contributed by atoms with van der Waals surface area (Å²) >= 11 is 0. The number of nitrogens with zero attached hydrogens (tertiary/aromatic N) is 1. The van der Waals surface area contributed by atoms with Crippen molar-refractivity contribution in [2.75, 3.05) is 47.4 Å². The molecular weight excluding hydrogens is 252 g/mol. The van der Waals surface area contributed by atoms with Crippen molar-refractivity contribution in [3.8, 4) is 11.5 Å². The minimum absolute atomic E-state index is 0.786. The van der Waals surface area contributed by atoms with E-state index in [1.165, 1.54) is 12.0 Å². The molecule has 0 aliphatic rings. The van der Waals surface area contributed by atoms with Crippen molar-refractivity contribution in [2.45, 2.75) is 19.8 Å². The van der Waals surface area contributed by atoms with Crippen molar-refractivity contribution in [3.05, 3.63) is 23.8 Å². The quantitative estimate of drug-likeness (QED) is 0.666. The molecule has 0 saturated carbocycles. The molecule has 114 valence electrons. The van der Waals surface area contributed by atoms with Crippen molar-refractivity contribution in [1.29, 1.82) is 0 Å². The topological polar surface area (TPSA) is 33.7 Å². The zero-order valence-corrected chi connectivity index (χ0v) is 13.2. The lowest BCUT2D eigenvalue weighted by atomic mass is 10.1. The molecule has 4 heteroatoms. The van der Waals surface area contributed by atoms with Gasteiger partial charge in [-0.1, -0.05) is 13.0 Å². The van der Waals surface area contributed by atoms with Gasteiger partial charge in [-0.25, -0.2) is 0 Å². The van der Waals surface area contributed by atoms with Crippen molar-refractivity contribution in [3.63, 3.8) is 0 Å². The van der Waals surface area contributed by atoms with Crippen LogP contribution in [0.1, 0.15) is 18.9 Å². The maximum atomic E-state index is 5.33. The highest BCUT2D eigenvalue weighted by molar-refractivity contribution is 5.42. The standard InChI is InChI=1S/C16H28N2O2/c1-5-9-17-10-12-18(2)11-8-14-6-7-15(19-3)16(13-14)20-4/h6-7,13,17H,5,8-12H2,1-4H3. The van der Waals surface area contributed by atoms with Crippen LogP contribution in [0.5, 0.6) is 11.5 Å². The van der Waals surface area contributed by atoms with E-state index >= 15 is 0 Å². The van der Waals surface area contributed by atoms with Crippen molar-refractivity contribution >= 4 is 0 Å². The Morgan fingerprint density at radius 1 is 1.05 bits per heavy atom. The van der Waals surface area contributed by atoms with Gasteiger partial charge < -0.3 is 19.7 Å². The molecule has 0 fully saturated rings. The summed E-state index contributed by atoms with van der Waals surface area (Å²) in [5, 5.41) is 3.42. The monoisotopic (exact) mass is 280 g/mol. The molecule has 0 amide bonds. The number of hydrogen-bond donors (Lipinski definition) is 1. The average Bonchev–Trinajstić information content (AvgIpc) is 2.49. The van der Waals surface area contributed by atoms with Gasteiger partial charge in [-0.15, -0.1) is 0 Å². The number of hydrogen-bond acceptors (Lipinski definition) is 4. The molecule has 20 heavy (non-hydrogen) atoms. The van der Waals surface area contributed by atoms with Crippen LogP contribution in [0.25, 0.3) is 0 Å². The first kappa shape index (κ1) is 16.8. The van der Waals surface area contributed by atoms with Gasteiger partial charge in [0.2, 0.25) is 0 Å². The maximum Gasteiger partial charge on any atom is 0.160 e. The molecule has 0 spiro atoms. The Kier molecular flexibility index (Phi) is 8.07. The highest BCUT2D eigenvalue weighted by Crippen LogP contribution is 2.27. The average molecular weight is 280 g/mol. The van der Waals surface area contributed by atoms with Gasteiger partial charge in [-0.3, -0.25) is 0 Å². The summed E-state index contributed by atoms with van der Waals surface area (Å²) < 4.78 is 10.6. The summed E-state index contributed by atoms with van der Waals surface area (Å²) in [5.74, 6) is 1.59. The molecule has 1 aromatic rings. The SMILES string of the molecule is CCCNCCN(C)CCc1ccc(OC)c(OC)c1. The number of methoxy groups -OCH3 is 2. The molecule has 0 aromatic heterocycles. The molecule has 0 unspecified atom stereocenters. The van der Waals surface area contributed by atoms with Gasteiger partial charge in [-0.05, 0) is 44.1 Å². The number of benzene rings is 1. The van der Waals surface area contributed by atoms with E-state index in [1.807, 2.05) is 6.07 Å². The summed E-state index contributed by atoms with van der Waals surface area (Å²) in [6.07, 6.45) is 2.21. The van der Waals surface area contributed by atoms with Gasteiger partial charge in [0.25, 0.3) is 0 Å². The molecular formula is C16H28N2O2. The van der Waals surface area contributed by atoms with Crippen LogP contribution in [0.3, 0.4) is 0 Å². The second-order valence-electron chi connectivity index (χ2n) is 4.99. The van der Waals surface area contributed by atoms with Gasteiger partial charge in [0, 0.05) is 19.6 Å². The fourth-order valence-electron chi connectivity index (χ4n) is 2.04. The van der Waals surface area contributed by atoms with Crippen LogP contribution in [-0.4, -0.2) is 52.3 Å². The van der Waals surface area contributed by atoms with E-state index in [9.17, 15) is 0 Å². The smallest absolute Gasteiger partial charge is 0.160 e. The van der Waals surface area contributed by atoms with E-state index in [4.69, 9.17) is 9.47 Å². The van der Waals surface area contributed by atoms with E-state index in [-0.39, 0.29) is 0 Å². The van der Waals surface area contributed by atoms with Gasteiger partial charge in [0.05, 0.1) is 14.2 Å². The molecule has 0 radical (unpaired) electrons. The third-order valence-electron chi connectivity index (χ3n) is 3.33. The largest absolute Gasteiger partial charge is 0.493 e. The molecule has 1 aromatic carbocycles. The molecule has 0 bridgehead atoms. The fourth-order valence-corrected chi connectivity index (χ4v) is 2.04. The first-order valence-electron chi connectivity index (χ1n) is 7.31. The molecule has 0 saturated heterocycles. The Morgan fingerprint density at radius 3 is 2.45 bits per heavy atom. The third kappa shape index (κ3) is 5.80. The van der Waals surface area contributed by atoms with E-state index < -0.39 is 0 Å². The minimum Gasteiger partial charge on any atom is -0.493 e. The highest BCUT2D eigenvalue weighted by Gasteiger charge is 2.05. The first-order chi connectivity index (χ1) is 9.71. The number of likely N-dealkylation sites (N-methyl/N-ethyl adjacent to an activating group) is 1. The number of nitrogens with one attached hydrogen (secondary N) is 1. The van der Waals surface area contributed by atoms with E-state index in [1.54, 1.807) is 14.2 Å². The zero-order valence-electron chi connectivity index (χ0n) is 13.2. The normalized spacial score (nSPS) is 10.8. The molecule has 0 aliphatic heterocycles. The Bertz CT molecular complexity index is 383. The molecule has 0 aliphatic carbocycles. The third-order valence-corrected chi connectivity index (χ3v) is 3.33. The summed E-state index contributed by atoms with van der Waals surface area (Å²) in [5.41, 5.74) is 1.27. The summed E-state index contributed by atoms with van der Waals surface area (Å²) in [6, 6.07) is 6.13. The summed E-state index contributed by atoms with van der Waals surface area (Å²) in [7, 11) is 5.50. The lowest BCUT2D eigenvalue weighted by Gasteiger charge is -2.17. The van der Waals surface area contributed by atoms with Crippen LogP contribution in [0.2, 0.25) is 0 Å². The van der Waals surface area contributed by atoms with Crippen molar-refractivity contribution < 1.29 is 9.47 Å². The second-order valence-corrected chi connectivity index (χ2v) is 4.99. The minimum atomic E-state index is 0.786. The Hall–Kier alpha value is -1.26. The van der Waals surface area contributed by atoms with Gasteiger partial charge in [0.15, 0.2) is 11.5 Å². The van der Waals surface area contributed by atoms with Crippen LogP contribution in [-0.2, 0) is 6.42 Å². The van der Waals surface area contributed by atoms with E-state index in [0.717, 1.165) is 44.1 Å². The molecule has 1 rings (SSSR count). The van der Waals surface area contributed by atoms with Crippen LogP contribution >= 0.6 is 0 Å². The Morgan fingerprint density at radius 2 is 1.80 bits per heavy atom. The highest BCUT2D eigenvalue weighted by atomic mass is 16.5. The maximum absolute atomic E-state index is 5.33.